The van der Waals surface area contributed by atoms with Crippen molar-refractivity contribution in [1.82, 2.24) is 10.0 Å². The molecule has 0 radical (unpaired) electrons. The first kappa shape index (κ1) is 20.0. The summed E-state index contributed by atoms with van der Waals surface area (Å²) < 4.78 is 31.6. The summed E-state index contributed by atoms with van der Waals surface area (Å²) in [4.78, 5) is 12.7. The van der Waals surface area contributed by atoms with Crippen LogP contribution in [0.2, 0.25) is 0 Å². The van der Waals surface area contributed by atoms with Gasteiger partial charge >= 0.3 is 0 Å². The van der Waals surface area contributed by atoms with Gasteiger partial charge in [0.05, 0.1) is 11.5 Å². The van der Waals surface area contributed by atoms with Gasteiger partial charge in [-0.15, -0.1) is 0 Å². The van der Waals surface area contributed by atoms with Crippen LogP contribution < -0.4 is 10.0 Å². The highest BCUT2D eigenvalue weighted by atomic mass is 32.2. The van der Waals surface area contributed by atoms with Crippen LogP contribution in [0.5, 0.6) is 0 Å². The Balaban J connectivity index is 1.65. The van der Waals surface area contributed by atoms with E-state index in [1.807, 2.05) is 36.4 Å². The average Bonchev–Trinajstić information content (AvgIpc) is 2.72. The van der Waals surface area contributed by atoms with Crippen LogP contribution in [-0.4, -0.2) is 34.6 Å². The zero-order valence-electron chi connectivity index (χ0n) is 15.5. The first-order valence-corrected chi connectivity index (χ1v) is 10.3. The van der Waals surface area contributed by atoms with Crippen LogP contribution in [0.1, 0.15) is 15.9 Å². The molecule has 0 heterocycles. The second kappa shape index (κ2) is 8.97. The number of carbonyl (C=O) groups excluding carboxylic acids is 1. The van der Waals surface area contributed by atoms with Crippen molar-refractivity contribution in [2.75, 3.05) is 20.3 Å². The van der Waals surface area contributed by atoms with E-state index < -0.39 is 10.0 Å². The number of amides is 1. The minimum atomic E-state index is -3.57. The third-order valence-electron chi connectivity index (χ3n) is 4.32. The lowest BCUT2D eigenvalue weighted by Gasteiger charge is -2.10. The van der Waals surface area contributed by atoms with Crippen molar-refractivity contribution in [3.05, 3.63) is 77.9 Å². The number of nitrogens with one attached hydrogen (secondary N) is 2. The van der Waals surface area contributed by atoms with Gasteiger partial charge in [-0.2, -0.15) is 0 Å². The quantitative estimate of drug-likeness (QED) is 0.572. The van der Waals surface area contributed by atoms with Gasteiger partial charge in [-0.1, -0.05) is 48.5 Å². The summed E-state index contributed by atoms with van der Waals surface area (Å²) in [5, 5.41) is 4.79. The summed E-state index contributed by atoms with van der Waals surface area (Å²) in [5.41, 5.74) is 1.42. The molecular weight excluding hydrogens is 376 g/mol. The molecule has 146 valence electrons. The van der Waals surface area contributed by atoms with Crippen molar-refractivity contribution in [3.8, 4) is 0 Å². The number of hydrogen-bond donors (Lipinski definition) is 2. The van der Waals surface area contributed by atoms with Crippen molar-refractivity contribution in [2.45, 2.75) is 11.4 Å². The highest BCUT2D eigenvalue weighted by Gasteiger charge is 2.13. The molecule has 0 aromatic heterocycles. The predicted octanol–water partition coefficient (Wildman–Crippen LogP) is 2.69. The van der Waals surface area contributed by atoms with E-state index in [0.717, 1.165) is 16.3 Å². The summed E-state index contributed by atoms with van der Waals surface area (Å²) >= 11 is 0. The van der Waals surface area contributed by atoms with Crippen molar-refractivity contribution < 1.29 is 17.9 Å². The third-order valence-corrected chi connectivity index (χ3v) is 5.80. The molecule has 0 aliphatic heterocycles. The van der Waals surface area contributed by atoms with E-state index in [0.29, 0.717) is 18.7 Å². The third kappa shape index (κ3) is 4.75. The van der Waals surface area contributed by atoms with Crippen LogP contribution in [0.25, 0.3) is 10.8 Å². The van der Waals surface area contributed by atoms with Crippen LogP contribution in [-0.2, 0) is 21.3 Å². The molecule has 3 aromatic rings. The van der Waals surface area contributed by atoms with Gasteiger partial charge in [-0.05, 0) is 34.5 Å². The molecule has 6 nitrogen and oxygen atoms in total. The van der Waals surface area contributed by atoms with E-state index in [1.54, 1.807) is 18.2 Å². The van der Waals surface area contributed by atoms with Gasteiger partial charge in [0.25, 0.3) is 5.91 Å². The largest absolute Gasteiger partial charge is 0.383 e. The fourth-order valence-corrected chi connectivity index (χ4v) is 3.86. The lowest BCUT2D eigenvalue weighted by molar-refractivity contribution is 0.0952. The Bertz CT molecular complexity index is 1060. The van der Waals surface area contributed by atoms with Gasteiger partial charge in [-0.3, -0.25) is 4.79 Å². The molecule has 28 heavy (non-hydrogen) atoms. The van der Waals surface area contributed by atoms with Crippen molar-refractivity contribution in [3.63, 3.8) is 0 Å². The maximum absolute atomic E-state index is 12.6. The molecule has 3 rings (SSSR count). The number of hydrogen-bond acceptors (Lipinski definition) is 4. The number of rotatable bonds is 8. The Morgan fingerprint density at radius 2 is 1.68 bits per heavy atom. The SMILES string of the molecule is COCCNS(=O)(=O)c1ccc(CNC(=O)c2cccc3ccccc23)cc1. The highest BCUT2D eigenvalue weighted by Crippen LogP contribution is 2.18. The van der Waals surface area contributed by atoms with Crippen molar-refractivity contribution in [1.29, 1.82) is 0 Å². The van der Waals surface area contributed by atoms with Crippen LogP contribution in [0.3, 0.4) is 0 Å². The predicted molar refractivity (Wildman–Crippen MR) is 109 cm³/mol. The minimum Gasteiger partial charge on any atom is -0.383 e. The number of carbonyl (C=O) groups is 1. The second-order valence-corrected chi connectivity index (χ2v) is 8.01. The molecule has 0 atom stereocenters. The number of sulfonamides is 1. The minimum absolute atomic E-state index is 0.172. The molecule has 0 saturated heterocycles. The summed E-state index contributed by atoms with van der Waals surface area (Å²) in [6.07, 6.45) is 0. The molecule has 0 aliphatic carbocycles. The van der Waals surface area contributed by atoms with E-state index in [4.69, 9.17) is 4.74 Å². The van der Waals surface area contributed by atoms with Crippen LogP contribution in [0.4, 0.5) is 0 Å². The number of benzene rings is 3. The molecule has 0 bridgehead atoms. The van der Waals surface area contributed by atoms with Gasteiger partial charge in [0.15, 0.2) is 0 Å². The molecule has 0 saturated carbocycles. The molecule has 0 spiro atoms. The Morgan fingerprint density at radius 1 is 0.964 bits per heavy atom. The zero-order chi connectivity index (χ0) is 20.0. The van der Waals surface area contributed by atoms with E-state index in [2.05, 4.69) is 10.0 Å². The van der Waals surface area contributed by atoms with Crippen LogP contribution >= 0.6 is 0 Å². The van der Waals surface area contributed by atoms with Gasteiger partial charge in [-0.25, -0.2) is 13.1 Å². The molecule has 2 N–H and O–H groups in total. The van der Waals surface area contributed by atoms with Crippen molar-refractivity contribution >= 4 is 26.7 Å². The molecule has 0 unspecified atom stereocenters. The van der Waals surface area contributed by atoms with E-state index in [-0.39, 0.29) is 17.3 Å². The molecule has 7 heteroatoms. The standard InChI is InChI=1S/C21H22N2O4S/c1-27-14-13-23-28(25,26)18-11-9-16(10-12-18)15-22-21(24)20-8-4-6-17-5-2-3-7-19(17)20/h2-12,23H,13-15H2,1H3,(H,22,24). The summed E-state index contributed by atoms with van der Waals surface area (Å²) in [6.45, 7) is 0.818. The first-order valence-electron chi connectivity index (χ1n) is 8.85. The molecule has 3 aromatic carbocycles. The lowest BCUT2D eigenvalue weighted by Crippen LogP contribution is -2.27. The Morgan fingerprint density at radius 3 is 2.43 bits per heavy atom. The average molecular weight is 398 g/mol. The highest BCUT2D eigenvalue weighted by molar-refractivity contribution is 7.89. The topological polar surface area (TPSA) is 84.5 Å². The Kier molecular flexibility index (Phi) is 6.41. The summed E-state index contributed by atoms with van der Waals surface area (Å²) in [7, 11) is -2.06. The number of ether oxygens (including phenoxy) is 1. The van der Waals surface area contributed by atoms with E-state index >= 15 is 0 Å². The maximum Gasteiger partial charge on any atom is 0.252 e. The Hall–Kier alpha value is -2.74. The van der Waals surface area contributed by atoms with Gasteiger partial charge in [0, 0.05) is 25.8 Å². The maximum atomic E-state index is 12.6. The fourth-order valence-electron chi connectivity index (χ4n) is 2.85. The van der Waals surface area contributed by atoms with Gasteiger partial charge in [0.1, 0.15) is 0 Å². The Labute approximate surface area is 164 Å². The number of fused-ring (bicyclic) bond motifs is 1. The zero-order valence-corrected chi connectivity index (χ0v) is 16.3. The van der Waals surface area contributed by atoms with Gasteiger partial charge < -0.3 is 10.1 Å². The van der Waals surface area contributed by atoms with E-state index in [1.165, 1.54) is 19.2 Å². The van der Waals surface area contributed by atoms with Gasteiger partial charge in [0.2, 0.25) is 10.0 Å². The first-order chi connectivity index (χ1) is 13.5. The monoisotopic (exact) mass is 398 g/mol. The summed E-state index contributed by atoms with van der Waals surface area (Å²) in [6, 6.07) is 19.7. The molecule has 0 fully saturated rings. The van der Waals surface area contributed by atoms with Crippen LogP contribution in [0, 0.1) is 0 Å². The smallest absolute Gasteiger partial charge is 0.252 e. The fraction of sp³-hybridized carbons (Fsp3) is 0.190. The molecule has 1 amide bonds. The van der Waals surface area contributed by atoms with Crippen LogP contribution in [0.15, 0.2) is 71.6 Å². The molecular formula is C21H22N2O4S. The van der Waals surface area contributed by atoms with E-state index in [9.17, 15) is 13.2 Å². The number of methoxy groups -OCH3 is 1. The lowest BCUT2D eigenvalue weighted by atomic mass is 10.0. The summed E-state index contributed by atoms with van der Waals surface area (Å²) in [5.74, 6) is -0.172. The normalized spacial score (nSPS) is 11.5. The van der Waals surface area contributed by atoms with Crippen molar-refractivity contribution in [2.24, 2.45) is 0 Å². The second-order valence-electron chi connectivity index (χ2n) is 6.24. The molecule has 0 aliphatic rings.